The molecule has 0 unspecified atom stereocenters. The number of hydrogen-bond acceptors (Lipinski definition) is 7. The Morgan fingerprint density at radius 2 is 1.58 bits per heavy atom. The van der Waals surface area contributed by atoms with E-state index < -0.39 is 5.82 Å². The first-order valence-corrected chi connectivity index (χ1v) is 12.8. The lowest BCUT2D eigenvalue weighted by Crippen LogP contribution is -2.35. The molecule has 196 valence electrons. The summed E-state index contributed by atoms with van der Waals surface area (Å²) in [6.07, 6.45) is 3.28. The summed E-state index contributed by atoms with van der Waals surface area (Å²) in [5.41, 5.74) is 2.80. The number of hydrogen-bond donors (Lipinski definition) is 2. The number of aromatic nitrogens is 2. The van der Waals surface area contributed by atoms with Crippen LogP contribution in [0.2, 0.25) is 0 Å². The van der Waals surface area contributed by atoms with Gasteiger partial charge in [-0.2, -0.15) is 9.97 Å². The van der Waals surface area contributed by atoms with E-state index in [1.54, 1.807) is 19.2 Å². The summed E-state index contributed by atoms with van der Waals surface area (Å²) in [6, 6.07) is 24.9. The van der Waals surface area contributed by atoms with Gasteiger partial charge >= 0.3 is 0 Å². The van der Waals surface area contributed by atoms with Gasteiger partial charge in [0.05, 0.1) is 14.2 Å². The van der Waals surface area contributed by atoms with Crippen molar-refractivity contribution in [1.29, 1.82) is 0 Å². The number of ether oxygens (including phenoxy) is 2. The van der Waals surface area contributed by atoms with Gasteiger partial charge in [-0.25, -0.2) is 4.39 Å². The zero-order valence-electron chi connectivity index (χ0n) is 21.7. The van der Waals surface area contributed by atoms with Crippen molar-refractivity contribution in [3.8, 4) is 11.5 Å². The summed E-state index contributed by atoms with van der Waals surface area (Å²) < 4.78 is 24.6. The minimum absolute atomic E-state index is 0.194. The Morgan fingerprint density at radius 3 is 2.26 bits per heavy atom. The zero-order valence-corrected chi connectivity index (χ0v) is 21.7. The lowest BCUT2D eigenvalue weighted by atomic mass is 9.90. The highest BCUT2D eigenvalue weighted by Crippen LogP contribution is 2.29. The number of nitrogens with one attached hydrogen (secondary N) is 2. The monoisotopic (exact) mass is 513 g/mol. The molecule has 3 aromatic carbocycles. The van der Waals surface area contributed by atoms with Crippen LogP contribution in [0.25, 0.3) is 0 Å². The van der Waals surface area contributed by atoms with E-state index in [2.05, 4.69) is 50.8 Å². The van der Waals surface area contributed by atoms with Gasteiger partial charge in [0, 0.05) is 36.6 Å². The normalized spacial score (nSPS) is 13.7. The topological polar surface area (TPSA) is 71.5 Å². The molecule has 0 bridgehead atoms. The minimum Gasteiger partial charge on any atom is -0.497 e. The molecule has 38 heavy (non-hydrogen) atoms. The average molecular weight is 514 g/mol. The maximum Gasteiger partial charge on any atom is 0.231 e. The van der Waals surface area contributed by atoms with Crippen molar-refractivity contribution in [3.63, 3.8) is 0 Å². The molecule has 8 heteroatoms. The Labute approximate surface area is 222 Å². The smallest absolute Gasteiger partial charge is 0.231 e. The highest BCUT2D eigenvalue weighted by atomic mass is 19.1. The molecule has 5 rings (SSSR count). The first-order valence-electron chi connectivity index (χ1n) is 12.8. The van der Waals surface area contributed by atoms with Gasteiger partial charge in [0.2, 0.25) is 5.95 Å². The van der Waals surface area contributed by atoms with Crippen LogP contribution in [0.4, 0.5) is 33.3 Å². The molecular weight excluding hydrogens is 481 g/mol. The van der Waals surface area contributed by atoms with Gasteiger partial charge in [-0.15, -0.1) is 0 Å². The summed E-state index contributed by atoms with van der Waals surface area (Å²) in [5, 5.41) is 6.52. The molecule has 0 spiro atoms. The van der Waals surface area contributed by atoms with Gasteiger partial charge in [0.15, 0.2) is 11.6 Å². The molecule has 4 aromatic rings. The molecule has 0 aliphatic carbocycles. The second kappa shape index (κ2) is 11.8. The van der Waals surface area contributed by atoms with Gasteiger partial charge in [0.25, 0.3) is 0 Å². The third-order valence-corrected chi connectivity index (χ3v) is 6.79. The molecule has 1 aromatic heterocycles. The summed E-state index contributed by atoms with van der Waals surface area (Å²) >= 11 is 0. The quantitative estimate of drug-likeness (QED) is 0.262. The van der Waals surface area contributed by atoms with Crippen LogP contribution in [-0.2, 0) is 6.42 Å². The van der Waals surface area contributed by atoms with Crippen LogP contribution in [0.1, 0.15) is 18.4 Å². The number of halogens is 1. The number of rotatable bonds is 9. The number of methoxy groups -OCH3 is 2. The number of piperidine rings is 1. The van der Waals surface area contributed by atoms with Crippen LogP contribution in [0.3, 0.4) is 0 Å². The Morgan fingerprint density at radius 1 is 0.842 bits per heavy atom. The third kappa shape index (κ3) is 6.32. The van der Waals surface area contributed by atoms with E-state index in [0.29, 0.717) is 23.4 Å². The van der Waals surface area contributed by atoms with E-state index in [1.807, 2.05) is 30.3 Å². The molecule has 0 atom stereocenters. The molecule has 2 N–H and O–H groups in total. The SMILES string of the molecule is COc1ccc(Nc2nc(Nc3ccc(OC)c(F)c3)cc(N3CCC(Cc4ccccc4)CC3)n2)cc1. The van der Waals surface area contributed by atoms with Crippen molar-refractivity contribution in [2.45, 2.75) is 19.3 Å². The standard InChI is InChI=1S/C30H32FN5O2/c1-37-25-11-8-23(9-12-25)33-30-34-28(32-24-10-13-27(38-2)26(31)19-24)20-29(35-30)36-16-14-22(15-17-36)18-21-6-4-3-5-7-21/h3-13,19-20,22H,14-18H2,1-2H3,(H2,32,33,34,35). The minimum atomic E-state index is -0.441. The lowest BCUT2D eigenvalue weighted by molar-refractivity contribution is 0.386. The molecule has 0 radical (unpaired) electrons. The van der Waals surface area contributed by atoms with E-state index in [4.69, 9.17) is 14.5 Å². The van der Waals surface area contributed by atoms with Crippen molar-refractivity contribution in [2.24, 2.45) is 5.92 Å². The van der Waals surface area contributed by atoms with Gasteiger partial charge in [0.1, 0.15) is 17.4 Å². The number of anilines is 5. The fraction of sp³-hybridized carbons (Fsp3) is 0.267. The van der Waals surface area contributed by atoms with Crippen molar-refractivity contribution in [3.05, 3.63) is 90.2 Å². The van der Waals surface area contributed by atoms with Crippen LogP contribution >= 0.6 is 0 Å². The molecule has 1 aliphatic rings. The van der Waals surface area contributed by atoms with Crippen LogP contribution in [0.15, 0.2) is 78.9 Å². The van der Waals surface area contributed by atoms with Crippen molar-refractivity contribution < 1.29 is 13.9 Å². The highest BCUT2D eigenvalue weighted by Gasteiger charge is 2.22. The molecule has 0 amide bonds. The predicted octanol–water partition coefficient (Wildman–Crippen LogP) is 6.58. The van der Waals surface area contributed by atoms with Crippen LogP contribution < -0.4 is 25.0 Å². The van der Waals surface area contributed by atoms with E-state index in [0.717, 1.165) is 49.6 Å². The zero-order chi connectivity index (χ0) is 26.3. The number of benzene rings is 3. The third-order valence-electron chi connectivity index (χ3n) is 6.79. The Balaban J connectivity index is 1.35. The average Bonchev–Trinajstić information content (AvgIpc) is 2.94. The van der Waals surface area contributed by atoms with Gasteiger partial charge in [-0.3, -0.25) is 0 Å². The molecule has 7 nitrogen and oxygen atoms in total. The molecular formula is C30H32FN5O2. The fourth-order valence-corrected chi connectivity index (χ4v) is 4.73. The molecule has 2 heterocycles. The lowest BCUT2D eigenvalue weighted by Gasteiger charge is -2.33. The predicted molar refractivity (Wildman–Crippen MR) is 150 cm³/mol. The summed E-state index contributed by atoms with van der Waals surface area (Å²) in [5.74, 6) is 3.02. The van der Waals surface area contributed by atoms with Crippen LogP contribution in [-0.4, -0.2) is 37.3 Å². The van der Waals surface area contributed by atoms with E-state index >= 15 is 0 Å². The second-order valence-electron chi connectivity index (χ2n) is 9.38. The maximum atomic E-state index is 14.3. The summed E-state index contributed by atoms with van der Waals surface area (Å²) in [4.78, 5) is 11.8. The molecule has 1 aliphatic heterocycles. The largest absolute Gasteiger partial charge is 0.497 e. The highest BCUT2D eigenvalue weighted by molar-refractivity contribution is 5.65. The van der Waals surface area contributed by atoms with E-state index in [1.165, 1.54) is 18.7 Å². The van der Waals surface area contributed by atoms with E-state index in [9.17, 15) is 4.39 Å². The Kier molecular flexibility index (Phi) is 7.87. The first-order chi connectivity index (χ1) is 18.6. The Hall–Kier alpha value is -4.33. The van der Waals surface area contributed by atoms with Crippen molar-refractivity contribution in [2.75, 3.05) is 42.8 Å². The van der Waals surface area contributed by atoms with Crippen molar-refractivity contribution in [1.82, 2.24) is 9.97 Å². The summed E-state index contributed by atoms with van der Waals surface area (Å²) in [7, 11) is 3.08. The first kappa shape index (κ1) is 25.3. The Bertz CT molecular complexity index is 1340. The molecule has 0 saturated carbocycles. The van der Waals surface area contributed by atoms with Crippen LogP contribution in [0.5, 0.6) is 11.5 Å². The van der Waals surface area contributed by atoms with Gasteiger partial charge < -0.3 is 25.0 Å². The van der Waals surface area contributed by atoms with Gasteiger partial charge in [-0.05, 0) is 67.1 Å². The van der Waals surface area contributed by atoms with Gasteiger partial charge in [-0.1, -0.05) is 30.3 Å². The van der Waals surface area contributed by atoms with Crippen molar-refractivity contribution >= 4 is 29.0 Å². The fourth-order valence-electron chi connectivity index (χ4n) is 4.73. The maximum absolute atomic E-state index is 14.3. The summed E-state index contributed by atoms with van der Waals surface area (Å²) in [6.45, 7) is 1.82. The van der Waals surface area contributed by atoms with Crippen LogP contribution in [0, 0.1) is 11.7 Å². The van der Waals surface area contributed by atoms with E-state index in [-0.39, 0.29) is 5.75 Å². The number of nitrogens with zero attached hydrogens (tertiary/aromatic N) is 3. The molecule has 1 saturated heterocycles. The second-order valence-corrected chi connectivity index (χ2v) is 9.38. The molecule has 1 fully saturated rings.